The second-order valence-electron chi connectivity index (χ2n) is 5.24. The van der Waals surface area contributed by atoms with Gasteiger partial charge in [-0.15, -0.1) is 0 Å². The summed E-state index contributed by atoms with van der Waals surface area (Å²) < 4.78 is 45.1. The highest BCUT2D eigenvalue weighted by atomic mass is 32.2. The number of hydrogen-bond donors (Lipinski definition) is 0. The number of alkyl halides is 3. The predicted octanol–water partition coefficient (Wildman–Crippen LogP) is 4.40. The average molecular weight is 391 g/mol. The summed E-state index contributed by atoms with van der Waals surface area (Å²) in [6.07, 6.45) is -2.50. The van der Waals surface area contributed by atoms with Gasteiger partial charge in [-0.3, -0.25) is 0 Å². The number of ether oxygens (including phenoxy) is 1. The molecule has 3 aromatic rings. The second-order valence-corrected chi connectivity index (χ2v) is 6.23. The van der Waals surface area contributed by atoms with Crippen LogP contribution in [0.15, 0.2) is 71.1 Å². The fraction of sp³-hybridized carbons (Fsp3) is 0.111. The monoisotopic (exact) mass is 391 g/mol. The van der Waals surface area contributed by atoms with Gasteiger partial charge in [-0.2, -0.15) is 13.2 Å². The summed E-state index contributed by atoms with van der Waals surface area (Å²) in [5.74, 6) is -1.14. The summed E-state index contributed by atoms with van der Waals surface area (Å²) in [6.45, 7) is -0.151. The van der Waals surface area contributed by atoms with Gasteiger partial charge >= 0.3 is 12.1 Å². The fourth-order valence-electron chi connectivity index (χ4n) is 2.08. The van der Waals surface area contributed by atoms with Crippen molar-refractivity contribution >= 4 is 17.7 Å². The van der Waals surface area contributed by atoms with Crippen LogP contribution >= 0.6 is 11.8 Å². The van der Waals surface area contributed by atoms with Crippen LogP contribution in [0.1, 0.15) is 21.6 Å². The van der Waals surface area contributed by atoms with Crippen molar-refractivity contribution in [3.63, 3.8) is 0 Å². The Balaban J connectivity index is 1.82. The second kappa shape index (κ2) is 8.17. The van der Waals surface area contributed by atoms with Crippen LogP contribution in [-0.2, 0) is 17.5 Å². The third kappa shape index (κ3) is 5.04. The van der Waals surface area contributed by atoms with Crippen LogP contribution in [0.5, 0.6) is 0 Å². The molecule has 0 saturated carbocycles. The smallest absolute Gasteiger partial charge is 0.434 e. The Labute approximate surface area is 156 Å². The highest BCUT2D eigenvalue weighted by Crippen LogP contribution is 2.33. The topological polar surface area (TPSA) is 65.0 Å². The zero-order valence-electron chi connectivity index (χ0n) is 13.7. The van der Waals surface area contributed by atoms with Crippen molar-refractivity contribution < 1.29 is 22.7 Å². The highest BCUT2D eigenvalue weighted by Gasteiger charge is 2.38. The summed E-state index contributed by atoms with van der Waals surface area (Å²) in [5.41, 5.74) is -1.42. The lowest BCUT2D eigenvalue weighted by Gasteiger charge is -2.12. The largest absolute Gasteiger partial charge is 0.457 e. The first-order chi connectivity index (χ1) is 12.9. The number of carbonyl (C=O) groups is 1. The molecule has 0 atom stereocenters. The molecule has 0 aliphatic carbocycles. The van der Waals surface area contributed by atoms with E-state index in [1.165, 1.54) is 6.20 Å². The maximum Gasteiger partial charge on any atom is 0.434 e. The number of nitrogens with zero attached hydrogens (tertiary/aromatic N) is 3. The van der Waals surface area contributed by atoms with Crippen molar-refractivity contribution in [2.45, 2.75) is 23.0 Å². The molecule has 3 rings (SSSR count). The van der Waals surface area contributed by atoms with Crippen LogP contribution in [0.4, 0.5) is 13.2 Å². The van der Waals surface area contributed by atoms with Crippen molar-refractivity contribution in [3.05, 3.63) is 77.7 Å². The molecule has 1 aromatic carbocycles. The molecule has 0 aliphatic heterocycles. The zero-order chi connectivity index (χ0) is 19.3. The number of aromatic nitrogens is 3. The first-order valence-corrected chi connectivity index (χ1v) is 8.49. The molecule has 0 saturated heterocycles. The van der Waals surface area contributed by atoms with Gasteiger partial charge in [0.15, 0.2) is 10.9 Å². The molecule has 0 N–H and O–H groups in total. The Morgan fingerprint density at radius 3 is 2.44 bits per heavy atom. The Hall–Kier alpha value is -2.94. The Kier molecular flexibility index (Phi) is 5.70. The van der Waals surface area contributed by atoms with Crippen molar-refractivity contribution in [2.75, 3.05) is 0 Å². The lowest BCUT2D eigenvalue weighted by atomic mass is 10.2. The molecule has 0 spiro atoms. The van der Waals surface area contributed by atoms with E-state index in [-0.39, 0.29) is 11.8 Å². The highest BCUT2D eigenvalue weighted by molar-refractivity contribution is 7.99. The van der Waals surface area contributed by atoms with E-state index in [9.17, 15) is 18.0 Å². The summed E-state index contributed by atoms with van der Waals surface area (Å²) >= 11 is 0.863. The fourth-order valence-corrected chi connectivity index (χ4v) is 2.77. The molecule has 0 aliphatic rings. The number of carbonyl (C=O) groups excluding carboxylic acids is 1. The van der Waals surface area contributed by atoms with E-state index in [1.54, 1.807) is 48.5 Å². The average Bonchev–Trinajstić information content (AvgIpc) is 2.67. The number of pyridine rings is 1. The zero-order valence-corrected chi connectivity index (χ0v) is 14.5. The van der Waals surface area contributed by atoms with Gasteiger partial charge in [0, 0.05) is 12.4 Å². The quantitative estimate of drug-likeness (QED) is 0.475. The van der Waals surface area contributed by atoms with Crippen LogP contribution < -0.4 is 0 Å². The lowest BCUT2D eigenvalue weighted by Crippen LogP contribution is -2.18. The molecule has 138 valence electrons. The van der Waals surface area contributed by atoms with E-state index < -0.39 is 23.4 Å². The van der Waals surface area contributed by atoms with E-state index in [1.807, 2.05) is 0 Å². The molecule has 0 radical (unpaired) electrons. The first-order valence-electron chi connectivity index (χ1n) is 7.67. The molecule has 2 heterocycles. The Bertz CT molecular complexity index is 922. The molecule has 27 heavy (non-hydrogen) atoms. The third-order valence-electron chi connectivity index (χ3n) is 3.30. The predicted molar refractivity (Wildman–Crippen MR) is 91.0 cm³/mol. The molecular weight excluding hydrogens is 379 g/mol. The van der Waals surface area contributed by atoms with Gasteiger partial charge in [0.2, 0.25) is 0 Å². The molecule has 9 heteroatoms. The first kappa shape index (κ1) is 18.8. The summed E-state index contributed by atoms with van der Waals surface area (Å²) in [4.78, 5) is 23.5. The molecule has 5 nitrogen and oxygen atoms in total. The van der Waals surface area contributed by atoms with Crippen LogP contribution in [0.3, 0.4) is 0 Å². The van der Waals surface area contributed by atoms with Crippen LogP contribution in [0.25, 0.3) is 0 Å². The van der Waals surface area contributed by atoms with E-state index >= 15 is 0 Å². The van der Waals surface area contributed by atoms with Gasteiger partial charge in [-0.1, -0.05) is 36.4 Å². The van der Waals surface area contributed by atoms with Gasteiger partial charge in [-0.25, -0.2) is 19.7 Å². The maximum atomic E-state index is 13.4. The Morgan fingerprint density at radius 1 is 1.04 bits per heavy atom. The minimum atomic E-state index is -4.83. The molecular formula is C18H12F3N3O2S. The number of rotatable bonds is 5. The number of halogens is 3. The van der Waals surface area contributed by atoms with Crippen molar-refractivity contribution in [1.29, 1.82) is 0 Å². The van der Waals surface area contributed by atoms with E-state index in [0.29, 0.717) is 10.6 Å². The number of benzene rings is 1. The normalized spacial score (nSPS) is 11.2. The standard InChI is InChI=1S/C18H12F3N3O2S/c19-18(20,21)15-13(16(25)26-11-12-6-2-1-3-7-12)10-23-17(24-15)27-14-8-4-5-9-22-14/h1-10H,11H2. The minimum Gasteiger partial charge on any atom is -0.457 e. The minimum absolute atomic E-state index is 0.151. The lowest BCUT2D eigenvalue weighted by molar-refractivity contribution is -0.142. The van der Waals surface area contributed by atoms with E-state index in [2.05, 4.69) is 15.0 Å². The molecule has 0 fully saturated rings. The van der Waals surface area contributed by atoms with E-state index in [0.717, 1.165) is 18.0 Å². The van der Waals surface area contributed by atoms with Gasteiger partial charge in [0.1, 0.15) is 17.2 Å². The van der Waals surface area contributed by atoms with Gasteiger partial charge in [-0.05, 0) is 29.5 Å². The van der Waals surface area contributed by atoms with Crippen molar-refractivity contribution in [3.8, 4) is 0 Å². The number of esters is 1. The summed E-state index contributed by atoms with van der Waals surface area (Å²) in [6, 6.07) is 13.6. The molecule has 0 amide bonds. The summed E-state index contributed by atoms with van der Waals surface area (Å²) in [7, 11) is 0. The molecule has 0 unspecified atom stereocenters. The van der Waals surface area contributed by atoms with Crippen LogP contribution in [0, 0.1) is 0 Å². The van der Waals surface area contributed by atoms with Crippen LogP contribution in [0.2, 0.25) is 0 Å². The van der Waals surface area contributed by atoms with Crippen molar-refractivity contribution in [2.24, 2.45) is 0 Å². The van der Waals surface area contributed by atoms with E-state index in [4.69, 9.17) is 4.74 Å². The SMILES string of the molecule is O=C(OCc1ccccc1)c1cnc(Sc2ccccn2)nc1C(F)(F)F. The van der Waals surface area contributed by atoms with Crippen molar-refractivity contribution in [1.82, 2.24) is 15.0 Å². The molecule has 0 bridgehead atoms. The third-order valence-corrected chi connectivity index (χ3v) is 4.13. The Morgan fingerprint density at radius 2 is 1.78 bits per heavy atom. The van der Waals surface area contributed by atoms with Gasteiger partial charge in [0.05, 0.1) is 0 Å². The summed E-state index contributed by atoms with van der Waals surface area (Å²) in [5, 5.41) is 0.269. The molecule has 2 aromatic heterocycles. The van der Waals surface area contributed by atoms with Crippen LogP contribution in [-0.4, -0.2) is 20.9 Å². The number of hydrogen-bond acceptors (Lipinski definition) is 6. The van der Waals surface area contributed by atoms with Gasteiger partial charge in [0.25, 0.3) is 0 Å². The van der Waals surface area contributed by atoms with Gasteiger partial charge < -0.3 is 4.74 Å². The maximum absolute atomic E-state index is 13.4.